The molecule has 4 aromatic rings. The number of carbonyl (C=O) groups is 1. The maximum atomic E-state index is 12.3. The van der Waals surface area contributed by atoms with Gasteiger partial charge in [0.25, 0.3) is 0 Å². The van der Waals surface area contributed by atoms with E-state index in [0.717, 1.165) is 20.3 Å². The van der Waals surface area contributed by atoms with E-state index in [1.165, 1.54) is 17.7 Å². The highest BCUT2D eigenvalue weighted by atomic mass is 79.9. The van der Waals surface area contributed by atoms with Gasteiger partial charge in [0.15, 0.2) is 0 Å². The lowest BCUT2D eigenvalue weighted by Crippen LogP contribution is -2.19. The third kappa shape index (κ3) is 4.13. The molecule has 0 saturated carbocycles. The van der Waals surface area contributed by atoms with Gasteiger partial charge in [-0.1, -0.05) is 22.0 Å². The largest absolute Gasteiger partial charge is 0.438 e. The summed E-state index contributed by atoms with van der Waals surface area (Å²) < 4.78 is 6.82. The van der Waals surface area contributed by atoms with Crippen LogP contribution in [0, 0.1) is 6.92 Å². The van der Waals surface area contributed by atoms with Crippen LogP contribution < -0.4 is 15.4 Å². The smallest absolute Gasteiger partial charge is 0.323 e. The van der Waals surface area contributed by atoms with Crippen LogP contribution in [0.3, 0.4) is 0 Å². The summed E-state index contributed by atoms with van der Waals surface area (Å²) in [6, 6.07) is 14.5. The monoisotopic (exact) mass is 454 g/mol. The Morgan fingerprint density at radius 2 is 2.00 bits per heavy atom. The van der Waals surface area contributed by atoms with E-state index in [9.17, 15) is 4.79 Å². The van der Waals surface area contributed by atoms with Gasteiger partial charge in [0.2, 0.25) is 5.88 Å². The number of benzene rings is 2. The molecule has 0 aliphatic carbocycles. The quantitative estimate of drug-likeness (QED) is 0.384. The summed E-state index contributed by atoms with van der Waals surface area (Å²) in [5, 5.41) is 8.48. The summed E-state index contributed by atoms with van der Waals surface area (Å²) in [7, 11) is 0. The van der Waals surface area contributed by atoms with E-state index >= 15 is 0 Å². The van der Waals surface area contributed by atoms with Crippen LogP contribution in [-0.2, 0) is 0 Å². The molecule has 140 valence electrons. The number of nitrogens with one attached hydrogen (secondary N) is 2. The number of carbonyl (C=O) groups excluding carboxylic acids is 1. The molecule has 28 heavy (non-hydrogen) atoms. The van der Waals surface area contributed by atoms with Crippen LogP contribution in [0.2, 0.25) is 0 Å². The molecule has 0 aliphatic heterocycles. The molecule has 0 radical (unpaired) electrons. The number of urea groups is 1. The third-order valence-electron chi connectivity index (χ3n) is 3.97. The van der Waals surface area contributed by atoms with Gasteiger partial charge >= 0.3 is 6.03 Å². The van der Waals surface area contributed by atoms with Crippen molar-refractivity contribution in [3.63, 3.8) is 0 Å². The third-order valence-corrected chi connectivity index (χ3v) is 5.28. The van der Waals surface area contributed by atoms with E-state index < -0.39 is 0 Å². The number of hydrogen-bond acceptors (Lipinski definition) is 5. The van der Waals surface area contributed by atoms with Crippen LogP contribution in [0.5, 0.6) is 11.6 Å². The van der Waals surface area contributed by atoms with E-state index in [2.05, 4.69) is 36.5 Å². The van der Waals surface area contributed by atoms with Gasteiger partial charge in [0.1, 0.15) is 16.9 Å². The van der Waals surface area contributed by atoms with Crippen molar-refractivity contribution in [2.75, 3.05) is 10.6 Å². The predicted molar refractivity (Wildman–Crippen MR) is 115 cm³/mol. The number of hydrogen-bond donors (Lipinski definition) is 2. The Labute approximate surface area is 173 Å². The van der Waals surface area contributed by atoms with Gasteiger partial charge in [-0.15, -0.1) is 11.3 Å². The first-order chi connectivity index (χ1) is 13.6. The summed E-state index contributed by atoms with van der Waals surface area (Å²) in [5.41, 5.74) is 2.27. The van der Waals surface area contributed by atoms with Crippen molar-refractivity contribution in [3.8, 4) is 11.6 Å². The highest BCUT2D eigenvalue weighted by Crippen LogP contribution is 2.31. The SMILES string of the molecule is Cc1cc(Oc2ncnc3sccc23)ccc1NC(=O)Nc1cccc(Br)c1. The maximum Gasteiger partial charge on any atom is 0.323 e. The van der Waals surface area contributed by atoms with Crippen molar-refractivity contribution >= 4 is 54.9 Å². The van der Waals surface area contributed by atoms with Crippen LogP contribution in [-0.4, -0.2) is 16.0 Å². The number of nitrogens with zero attached hydrogens (tertiary/aromatic N) is 2. The lowest BCUT2D eigenvalue weighted by molar-refractivity contribution is 0.262. The average molecular weight is 455 g/mol. The molecule has 0 spiro atoms. The molecule has 2 N–H and O–H groups in total. The predicted octanol–water partition coefficient (Wildman–Crippen LogP) is 6.20. The number of aromatic nitrogens is 2. The Balaban J connectivity index is 1.47. The minimum atomic E-state index is -0.314. The van der Waals surface area contributed by atoms with Crippen molar-refractivity contribution in [1.29, 1.82) is 0 Å². The standard InChI is InChI=1S/C20H15BrN4O2S/c1-12-9-15(27-18-16-7-8-28-19(16)23-11-22-18)5-6-17(12)25-20(26)24-14-4-2-3-13(21)10-14/h2-11H,1H3,(H2,24,25,26). The van der Waals surface area contributed by atoms with Crippen molar-refractivity contribution in [2.24, 2.45) is 0 Å². The highest BCUT2D eigenvalue weighted by Gasteiger charge is 2.10. The van der Waals surface area contributed by atoms with Crippen molar-refractivity contribution in [2.45, 2.75) is 6.92 Å². The van der Waals surface area contributed by atoms with Crippen molar-refractivity contribution < 1.29 is 9.53 Å². The first-order valence-corrected chi connectivity index (χ1v) is 10.1. The number of amides is 2. The molecule has 2 aromatic carbocycles. The van der Waals surface area contributed by atoms with Gasteiger partial charge < -0.3 is 15.4 Å². The van der Waals surface area contributed by atoms with Gasteiger partial charge in [-0.05, 0) is 60.3 Å². The summed E-state index contributed by atoms with van der Waals surface area (Å²) in [6.07, 6.45) is 1.49. The molecule has 2 amide bonds. The fourth-order valence-electron chi connectivity index (χ4n) is 2.65. The molecule has 2 aromatic heterocycles. The van der Waals surface area contributed by atoms with Crippen LogP contribution in [0.4, 0.5) is 16.2 Å². The molecule has 4 rings (SSSR count). The van der Waals surface area contributed by atoms with Crippen LogP contribution in [0.15, 0.2) is 64.7 Å². The minimum Gasteiger partial charge on any atom is -0.438 e. The number of fused-ring (bicyclic) bond motifs is 1. The molecule has 6 nitrogen and oxygen atoms in total. The number of ether oxygens (including phenoxy) is 1. The normalized spacial score (nSPS) is 10.6. The Bertz CT molecular complexity index is 1160. The molecular weight excluding hydrogens is 440 g/mol. The average Bonchev–Trinajstić information content (AvgIpc) is 3.14. The Kier molecular flexibility index (Phi) is 5.23. The Hall–Kier alpha value is -2.97. The van der Waals surface area contributed by atoms with Gasteiger partial charge in [-0.2, -0.15) is 0 Å². The zero-order chi connectivity index (χ0) is 19.5. The lowest BCUT2D eigenvalue weighted by Gasteiger charge is -2.12. The molecule has 0 fully saturated rings. The number of rotatable bonds is 4. The minimum absolute atomic E-state index is 0.314. The molecule has 0 unspecified atom stereocenters. The number of halogens is 1. The number of thiophene rings is 1. The zero-order valence-electron chi connectivity index (χ0n) is 14.8. The summed E-state index contributed by atoms with van der Waals surface area (Å²) >= 11 is 4.92. The summed E-state index contributed by atoms with van der Waals surface area (Å²) in [6.45, 7) is 1.90. The van der Waals surface area contributed by atoms with Gasteiger partial charge in [-0.25, -0.2) is 14.8 Å². The van der Waals surface area contributed by atoms with E-state index in [4.69, 9.17) is 4.74 Å². The van der Waals surface area contributed by atoms with E-state index in [-0.39, 0.29) is 6.03 Å². The molecule has 8 heteroatoms. The molecular formula is C20H15BrN4O2S. The zero-order valence-corrected chi connectivity index (χ0v) is 17.2. The lowest BCUT2D eigenvalue weighted by atomic mass is 10.2. The van der Waals surface area contributed by atoms with Crippen LogP contribution >= 0.6 is 27.3 Å². The molecule has 2 heterocycles. The van der Waals surface area contributed by atoms with E-state index in [1.54, 1.807) is 12.1 Å². The molecule has 0 aliphatic rings. The second-order valence-corrected chi connectivity index (χ2v) is 7.80. The van der Waals surface area contributed by atoms with Crippen molar-refractivity contribution in [3.05, 3.63) is 70.3 Å². The fraction of sp³-hybridized carbons (Fsp3) is 0.0500. The fourth-order valence-corrected chi connectivity index (χ4v) is 3.77. The van der Waals surface area contributed by atoms with Crippen molar-refractivity contribution in [1.82, 2.24) is 9.97 Å². The van der Waals surface area contributed by atoms with Gasteiger partial charge in [0.05, 0.1) is 5.39 Å². The Morgan fingerprint density at radius 1 is 1.11 bits per heavy atom. The van der Waals surface area contributed by atoms with Gasteiger partial charge in [-0.3, -0.25) is 0 Å². The molecule has 0 saturated heterocycles. The maximum absolute atomic E-state index is 12.3. The van der Waals surface area contributed by atoms with Crippen LogP contribution in [0.25, 0.3) is 10.2 Å². The summed E-state index contributed by atoms with van der Waals surface area (Å²) in [5.74, 6) is 1.15. The summed E-state index contributed by atoms with van der Waals surface area (Å²) in [4.78, 5) is 21.6. The molecule has 0 bridgehead atoms. The first-order valence-electron chi connectivity index (χ1n) is 8.39. The van der Waals surface area contributed by atoms with E-state index in [1.807, 2.05) is 48.7 Å². The number of anilines is 2. The molecule has 0 atom stereocenters. The first kappa shape index (κ1) is 18.4. The second-order valence-electron chi connectivity index (χ2n) is 5.99. The number of aryl methyl sites for hydroxylation is 1. The van der Waals surface area contributed by atoms with Crippen LogP contribution in [0.1, 0.15) is 5.56 Å². The highest BCUT2D eigenvalue weighted by molar-refractivity contribution is 9.10. The second kappa shape index (κ2) is 7.95. The topological polar surface area (TPSA) is 76.1 Å². The van der Waals surface area contributed by atoms with E-state index in [0.29, 0.717) is 23.0 Å². The van der Waals surface area contributed by atoms with Gasteiger partial charge in [0, 0.05) is 15.8 Å². The Morgan fingerprint density at radius 3 is 2.82 bits per heavy atom.